The molecule has 0 saturated carbocycles. The van der Waals surface area contributed by atoms with E-state index in [0.717, 1.165) is 12.1 Å². The van der Waals surface area contributed by atoms with Crippen molar-refractivity contribution in [2.24, 2.45) is 0 Å². The standard InChI is InChI=1S/C11H12N2O2/c1-9(14)15-7-3-6-10-4-2-5-11(8-12)13-10/h2,4-5H,3,6-7H2,1H3. The fraction of sp³-hybridized carbons (Fsp3) is 0.364. The van der Waals surface area contributed by atoms with Crippen molar-refractivity contribution >= 4 is 5.97 Å². The number of nitriles is 1. The number of rotatable bonds is 4. The maximum Gasteiger partial charge on any atom is 0.302 e. The van der Waals surface area contributed by atoms with Gasteiger partial charge in [0.25, 0.3) is 0 Å². The summed E-state index contributed by atoms with van der Waals surface area (Å²) in [4.78, 5) is 14.6. The number of hydrogen-bond acceptors (Lipinski definition) is 4. The molecule has 0 atom stereocenters. The number of aryl methyl sites for hydroxylation is 1. The normalized spacial score (nSPS) is 9.33. The molecule has 1 aromatic heterocycles. The van der Waals surface area contributed by atoms with Gasteiger partial charge in [-0.25, -0.2) is 4.98 Å². The molecular formula is C11H12N2O2. The zero-order valence-corrected chi connectivity index (χ0v) is 8.56. The first kappa shape index (κ1) is 11.2. The summed E-state index contributed by atoms with van der Waals surface area (Å²) < 4.78 is 4.79. The van der Waals surface area contributed by atoms with Crippen LogP contribution in [0.5, 0.6) is 0 Å². The maximum atomic E-state index is 10.5. The van der Waals surface area contributed by atoms with Crippen molar-refractivity contribution in [1.29, 1.82) is 5.26 Å². The number of esters is 1. The fourth-order valence-electron chi connectivity index (χ4n) is 1.15. The molecular weight excluding hydrogens is 192 g/mol. The highest BCUT2D eigenvalue weighted by Gasteiger charge is 1.98. The number of nitrogens with zero attached hydrogens (tertiary/aromatic N) is 2. The van der Waals surface area contributed by atoms with Crippen molar-refractivity contribution in [3.8, 4) is 6.07 Å². The van der Waals surface area contributed by atoms with E-state index in [2.05, 4.69) is 4.98 Å². The molecule has 0 saturated heterocycles. The lowest BCUT2D eigenvalue weighted by Crippen LogP contribution is -2.02. The Kier molecular flexibility index (Phi) is 4.30. The third-order valence-corrected chi connectivity index (χ3v) is 1.80. The van der Waals surface area contributed by atoms with Crippen LogP contribution < -0.4 is 0 Å². The Morgan fingerprint density at radius 3 is 3.07 bits per heavy atom. The molecule has 1 aromatic rings. The summed E-state index contributed by atoms with van der Waals surface area (Å²) in [5, 5.41) is 8.62. The van der Waals surface area contributed by atoms with Gasteiger partial charge in [0.1, 0.15) is 11.8 Å². The summed E-state index contributed by atoms with van der Waals surface area (Å²) in [7, 11) is 0. The van der Waals surface area contributed by atoms with Crippen LogP contribution in [0.25, 0.3) is 0 Å². The van der Waals surface area contributed by atoms with Gasteiger partial charge in [0, 0.05) is 12.6 Å². The highest BCUT2D eigenvalue weighted by atomic mass is 16.5. The van der Waals surface area contributed by atoms with Crippen molar-refractivity contribution in [2.75, 3.05) is 6.61 Å². The predicted molar refractivity (Wildman–Crippen MR) is 53.9 cm³/mol. The molecule has 0 aliphatic carbocycles. The van der Waals surface area contributed by atoms with Crippen LogP contribution in [0.2, 0.25) is 0 Å². The second-order valence-electron chi connectivity index (χ2n) is 3.07. The first-order chi connectivity index (χ1) is 7.22. The molecule has 0 spiro atoms. The number of carbonyl (C=O) groups excluding carboxylic acids is 1. The highest BCUT2D eigenvalue weighted by Crippen LogP contribution is 2.01. The van der Waals surface area contributed by atoms with Gasteiger partial charge < -0.3 is 4.74 Å². The Balaban J connectivity index is 2.38. The van der Waals surface area contributed by atoms with Crippen LogP contribution >= 0.6 is 0 Å². The summed E-state index contributed by atoms with van der Waals surface area (Å²) in [6.07, 6.45) is 1.43. The van der Waals surface area contributed by atoms with Crippen molar-refractivity contribution in [3.63, 3.8) is 0 Å². The molecule has 0 bridgehead atoms. The Morgan fingerprint density at radius 1 is 1.60 bits per heavy atom. The quantitative estimate of drug-likeness (QED) is 0.550. The van der Waals surface area contributed by atoms with Crippen LogP contribution in [0.4, 0.5) is 0 Å². The molecule has 1 rings (SSSR count). The second kappa shape index (κ2) is 5.76. The van der Waals surface area contributed by atoms with E-state index in [1.54, 1.807) is 12.1 Å². The van der Waals surface area contributed by atoms with Crippen molar-refractivity contribution in [3.05, 3.63) is 29.6 Å². The van der Waals surface area contributed by atoms with E-state index in [4.69, 9.17) is 10.00 Å². The average molecular weight is 204 g/mol. The molecule has 0 aliphatic rings. The summed E-state index contributed by atoms with van der Waals surface area (Å²) in [5.74, 6) is -0.270. The zero-order valence-electron chi connectivity index (χ0n) is 8.56. The first-order valence-electron chi connectivity index (χ1n) is 4.72. The Hall–Kier alpha value is -1.89. The molecule has 0 aliphatic heterocycles. The minimum absolute atomic E-state index is 0.270. The van der Waals surface area contributed by atoms with E-state index in [1.165, 1.54) is 6.92 Å². The Bertz CT molecular complexity index is 382. The van der Waals surface area contributed by atoms with Crippen LogP contribution in [0, 0.1) is 11.3 Å². The molecule has 0 N–H and O–H groups in total. The van der Waals surface area contributed by atoms with Gasteiger partial charge >= 0.3 is 5.97 Å². The van der Waals surface area contributed by atoms with Gasteiger partial charge in [-0.15, -0.1) is 0 Å². The molecule has 0 radical (unpaired) electrons. The summed E-state index contributed by atoms with van der Waals surface area (Å²) in [6.45, 7) is 1.78. The predicted octanol–water partition coefficient (Wildman–Crippen LogP) is 1.45. The number of pyridine rings is 1. The van der Waals surface area contributed by atoms with E-state index >= 15 is 0 Å². The van der Waals surface area contributed by atoms with E-state index < -0.39 is 0 Å². The van der Waals surface area contributed by atoms with Gasteiger partial charge in [0.2, 0.25) is 0 Å². The average Bonchev–Trinajstić information content (AvgIpc) is 2.24. The van der Waals surface area contributed by atoms with Gasteiger partial charge in [0.05, 0.1) is 6.61 Å². The number of hydrogen-bond donors (Lipinski definition) is 0. The van der Waals surface area contributed by atoms with Crippen LogP contribution in [0.1, 0.15) is 24.7 Å². The lowest BCUT2D eigenvalue weighted by atomic mass is 10.2. The maximum absolute atomic E-state index is 10.5. The lowest BCUT2D eigenvalue weighted by Gasteiger charge is -2.01. The minimum Gasteiger partial charge on any atom is -0.466 e. The second-order valence-corrected chi connectivity index (χ2v) is 3.07. The first-order valence-corrected chi connectivity index (χ1v) is 4.72. The third kappa shape index (κ3) is 4.23. The van der Waals surface area contributed by atoms with Gasteiger partial charge in [-0.1, -0.05) is 6.07 Å². The minimum atomic E-state index is -0.270. The van der Waals surface area contributed by atoms with Gasteiger partial charge in [0.15, 0.2) is 0 Å². The van der Waals surface area contributed by atoms with Crippen LogP contribution in [0.15, 0.2) is 18.2 Å². The van der Waals surface area contributed by atoms with Gasteiger partial charge in [-0.05, 0) is 25.0 Å². The molecule has 15 heavy (non-hydrogen) atoms. The van der Waals surface area contributed by atoms with Crippen LogP contribution in [-0.2, 0) is 16.0 Å². The third-order valence-electron chi connectivity index (χ3n) is 1.80. The monoisotopic (exact) mass is 204 g/mol. The van der Waals surface area contributed by atoms with Crippen LogP contribution in [0.3, 0.4) is 0 Å². The Labute approximate surface area is 88.5 Å². The topological polar surface area (TPSA) is 63.0 Å². The molecule has 4 heteroatoms. The van der Waals surface area contributed by atoms with Gasteiger partial charge in [-0.2, -0.15) is 5.26 Å². The van der Waals surface area contributed by atoms with Crippen molar-refractivity contribution < 1.29 is 9.53 Å². The van der Waals surface area contributed by atoms with Crippen LogP contribution in [-0.4, -0.2) is 17.6 Å². The smallest absolute Gasteiger partial charge is 0.302 e. The molecule has 0 unspecified atom stereocenters. The van der Waals surface area contributed by atoms with E-state index in [9.17, 15) is 4.79 Å². The van der Waals surface area contributed by atoms with E-state index in [-0.39, 0.29) is 5.97 Å². The van der Waals surface area contributed by atoms with Crippen molar-refractivity contribution in [1.82, 2.24) is 4.98 Å². The lowest BCUT2D eigenvalue weighted by molar-refractivity contribution is -0.141. The molecule has 0 fully saturated rings. The molecule has 1 heterocycles. The SMILES string of the molecule is CC(=O)OCCCc1cccc(C#N)n1. The number of aromatic nitrogens is 1. The van der Waals surface area contributed by atoms with Crippen molar-refractivity contribution in [2.45, 2.75) is 19.8 Å². The molecule has 0 amide bonds. The highest BCUT2D eigenvalue weighted by molar-refractivity contribution is 5.65. The number of carbonyl (C=O) groups is 1. The Morgan fingerprint density at radius 2 is 2.40 bits per heavy atom. The van der Waals surface area contributed by atoms with Gasteiger partial charge in [-0.3, -0.25) is 4.79 Å². The summed E-state index contributed by atoms with van der Waals surface area (Å²) in [6, 6.07) is 7.30. The van der Waals surface area contributed by atoms with E-state index in [1.807, 2.05) is 12.1 Å². The summed E-state index contributed by atoms with van der Waals surface area (Å²) >= 11 is 0. The molecule has 78 valence electrons. The molecule has 0 aromatic carbocycles. The summed E-state index contributed by atoms with van der Waals surface area (Å²) in [5.41, 5.74) is 1.26. The fourth-order valence-corrected chi connectivity index (χ4v) is 1.15. The molecule has 4 nitrogen and oxygen atoms in total. The number of ether oxygens (including phenoxy) is 1. The van der Waals surface area contributed by atoms with E-state index in [0.29, 0.717) is 18.7 Å². The zero-order chi connectivity index (χ0) is 11.1. The largest absolute Gasteiger partial charge is 0.466 e.